The highest BCUT2D eigenvalue weighted by Crippen LogP contribution is 2.19. The molecule has 0 aliphatic rings. The number of aromatic amines is 1. The van der Waals surface area contributed by atoms with E-state index >= 15 is 0 Å². The maximum absolute atomic E-state index is 11.3. The zero-order chi connectivity index (χ0) is 11.5. The molecule has 1 aromatic carbocycles. The van der Waals surface area contributed by atoms with Crippen molar-refractivity contribution in [1.29, 1.82) is 0 Å². The Morgan fingerprint density at radius 2 is 2.19 bits per heavy atom. The van der Waals surface area contributed by atoms with E-state index in [1.807, 2.05) is 12.1 Å². The van der Waals surface area contributed by atoms with Gasteiger partial charge in [0.05, 0.1) is 12.2 Å². The Balaban J connectivity index is 2.55. The van der Waals surface area contributed by atoms with E-state index in [-0.39, 0.29) is 12.1 Å². The van der Waals surface area contributed by atoms with E-state index in [1.165, 1.54) is 6.07 Å². The van der Waals surface area contributed by atoms with Crippen molar-refractivity contribution >= 4 is 11.6 Å². The fourth-order valence-electron chi connectivity index (χ4n) is 1.40. The van der Waals surface area contributed by atoms with Crippen LogP contribution in [0.3, 0.4) is 0 Å². The predicted octanol–water partition coefficient (Wildman–Crippen LogP) is 1.55. The van der Waals surface area contributed by atoms with Gasteiger partial charge in [-0.05, 0) is 12.1 Å². The Morgan fingerprint density at radius 1 is 1.38 bits per heavy atom. The molecule has 2 aromatic rings. The molecule has 0 spiro atoms. The van der Waals surface area contributed by atoms with E-state index in [9.17, 15) is 4.79 Å². The molecule has 1 heterocycles. The van der Waals surface area contributed by atoms with E-state index in [2.05, 4.69) is 9.97 Å². The molecule has 0 aliphatic carbocycles. The highest BCUT2D eigenvalue weighted by atomic mass is 35.5. The summed E-state index contributed by atoms with van der Waals surface area (Å²) in [6, 6.07) is 8.59. The molecular weight excluding hydrogens is 226 g/mol. The van der Waals surface area contributed by atoms with Gasteiger partial charge in [0.2, 0.25) is 0 Å². The first kappa shape index (κ1) is 10.9. The molecule has 2 rings (SSSR count). The number of halogens is 1. The molecule has 0 saturated carbocycles. The Kier molecular flexibility index (Phi) is 3.03. The van der Waals surface area contributed by atoms with Crippen LogP contribution in [0.25, 0.3) is 11.3 Å². The zero-order valence-corrected chi connectivity index (χ0v) is 9.16. The number of nitrogens with one attached hydrogen (secondary N) is 1. The molecule has 4 nitrogen and oxygen atoms in total. The Hall–Kier alpha value is -1.65. The minimum absolute atomic E-state index is 0.198. The van der Waals surface area contributed by atoms with Crippen LogP contribution in [0.5, 0.6) is 0 Å². The van der Waals surface area contributed by atoms with Crippen molar-refractivity contribution in [2.45, 2.75) is 6.54 Å². The monoisotopic (exact) mass is 235 g/mol. The molecule has 0 aliphatic heterocycles. The minimum atomic E-state index is -0.217. The SMILES string of the molecule is NCc1nc(-c2cccc(Cl)c2)cc(=O)[nH]1. The second-order valence-corrected chi connectivity index (χ2v) is 3.73. The third kappa shape index (κ3) is 2.29. The summed E-state index contributed by atoms with van der Waals surface area (Å²) in [5.74, 6) is 0.461. The summed E-state index contributed by atoms with van der Waals surface area (Å²) in [6.07, 6.45) is 0. The van der Waals surface area contributed by atoms with Crippen molar-refractivity contribution < 1.29 is 0 Å². The Labute approximate surface area is 97.1 Å². The summed E-state index contributed by atoms with van der Waals surface area (Å²) in [7, 11) is 0. The van der Waals surface area contributed by atoms with Gasteiger partial charge in [0.1, 0.15) is 5.82 Å². The fourth-order valence-corrected chi connectivity index (χ4v) is 1.59. The minimum Gasteiger partial charge on any atom is -0.324 e. The lowest BCUT2D eigenvalue weighted by atomic mass is 10.1. The lowest BCUT2D eigenvalue weighted by molar-refractivity contribution is 0.896. The molecule has 16 heavy (non-hydrogen) atoms. The van der Waals surface area contributed by atoms with Crippen molar-refractivity contribution in [3.63, 3.8) is 0 Å². The van der Waals surface area contributed by atoms with Gasteiger partial charge in [0.15, 0.2) is 0 Å². The van der Waals surface area contributed by atoms with Gasteiger partial charge in [0.25, 0.3) is 5.56 Å². The Morgan fingerprint density at radius 3 is 2.88 bits per heavy atom. The summed E-state index contributed by atoms with van der Waals surface area (Å²) in [5.41, 5.74) is 6.59. The third-order valence-corrected chi connectivity index (χ3v) is 2.34. The average molecular weight is 236 g/mol. The zero-order valence-electron chi connectivity index (χ0n) is 8.40. The van der Waals surface area contributed by atoms with Crippen LogP contribution in [-0.2, 0) is 6.54 Å². The van der Waals surface area contributed by atoms with Gasteiger partial charge in [-0.3, -0.25) is 4.79 Å². The van der Waals surface area contributed by atoms with Crippen LogP contribution in [0, 0.1) is 0 Å². The number of rotatable bonds is 2. The van der Waals surface area contributed by atoms with Crippen LogP contribution in [0.4, 0.5) is 0 Å². The lowest BCUT2D eigenvalue weighted by Crippen LogP contribution is -2.13. The van der Waals surface area contributed by atoms with E-state index in [1.54, 1.807) is 12.1 Å². The third-order valence-electron chi connectivity index (χ3n) is 2.10. The molecule has 3 N–H and O–H groups in total. The summed E-state index contributed by atoms with van der Waals surface area (Å²) in [6.45, 7) is 0.198. The molecule has 0 radical (unpaired) electrons. The van der Waals surface area contributed by atoms with E-state index < -0.39 is 0 Å². The van der Waals surface area contributed by atoms with E-state index in [4.69, 9.17) is 17.3 Å². The van der Waals surface area contributed by atoms with Gasteiger partial charge >= 0.3 is 0 Å². The highest BCUT2D eigenvalue weighted by Gasteiger charge is 2.03. The normalized spacial score (nSPS) is 10.4. The topological polar surface area (TPSA) is 71.8 Å². The van der Waals surface area contributed by atoms with Crippen LogP contribution in [0.15, 0.2) is 35.1 Å². The number of nitrogens with zero attached hydrogens (tertiary/aromatic N) is 1. The standard InChI is InChI=1S/C11H10ClN3O/c12-8-3-1-2-7(4-8)9-5-11(16)15-10(6-13)14-9/h1-5H,6,13H2,(H,14,15,16). The Bertz CT molecular complexity index is 565. The van der Waals surface area contributed by atoms with Gasteiger partial charge < -0.3 is 10.7 Å². The molecule has 1 aromatic heterocycles. The number of hydrogen-bond donors (Lipinski definition) is 2. The summed E-state index contributed by atoms with van der Waals surface area (Å²) in [4.78, 5) is 18.1. The van der Waals surface area contributed by atoms with Crippen LogP contribution in [0.1, 0.15) is 5.82 Å². The molecule has 0 saturated heterocycles. The summed E-state index contributed by atoms with van der Waals surface area (Å²) >= 11 is 5.87. The van der Waals surface area contributed by atoms with Crippen LogP contribution in [0.2, 0.25) is 5.02 Å². The van der Waals surface area contributed by atoms with Crippen molar-refractivity contribution in [3.05, 3.63) is 51.5 Å². The van der Waals surface area contributed by atoms with E-state index in [0.29, 0.717) is 16.5 Å². The summed E-state index contributed by atoms with van der Waals surface area (Å²) < 4.78 is 0. The lowest BCUT2D eigenvalue weighted by Gasteiger charge is -2.03. The van der Waals surface area contributed by atoms with Gasteiger partial charge in [-0.1, -0.05) is 23.7 Å². The van der Waals surface area contributed by atoms with Gasteiger partial charge in [-0.15, -0.1) is 0 Å². The molecule has 0 fully saturated rings. The van der Waals surface area contributed by atoms with Crippen molar-refractivity contribution in [3.8, 4) is 11.3 Å². The van der Waals surface area contributed by atoms with Crippen molar-refractivity contribution in [2.24, 2.45) is 5.73 Å². The first-order valence-corrected chi connectivity index (χ1v) is 5.13. The first-order valence-electron chi connectivity index (χ1n) is 4.75. The maximum Gasteiger partial charge on any atom is 0.251 e. The van der Waals surface area contributed by atoms with Crippen molar-refractivity contribution in [2.75, 3.05) is 0 Å². The van der Waals surface area contributed by atoms with E-state index in [0.717, 1.165) is 5.56 Å². The number of benzene rings is 1. The molecule has 0 atom stereocenters. The molecule has 5 heteroatoms. The summed E-state index contributed by atoms with van der Waals surface area (Å²) in [5, 5.41) is 0.605. The molecular formula is C11H10ClN3O. The molecule has 0 amide bonds. The smallest absolute Gasteiger partial charge is 0.251 e. The van der Waals surface area contributed by atoms with Gasteiger partial charge in [-0.25, -0.2) is 4.98 Å². The quantitative estimate of drug-likeness (QED) is 0.830. The molecule has 0 unspecified atom stereocenters. The number of nitrogens with two attached hydrogens (primary N) is 1. The average Bonchev–Trinajstić information content (AvgIpc) is 2.28. The van der Waals surface area contributed by atoms with Gasteiger partial charge in [-0.2, -0.15) is 0 Å². The van der Waals surface area contributed by atoms with Crippen LogP contribution < -0.4 is 11.3 Å². The maximum atomic E-state index is 11.3. The van der Waals surface area contributed by atoms with Crippen molar-refractivity contribution in [1.82, 2.24) is 9.97 Å². The number of hydrogen-bond acceptors (Lipinski definition) is 3. The molecule has 0 bridgehead atoms. The van der Waals surface area contributed by atoms with Crippen LogP contribution in [-0.4, -0.2) is 9.97 Å². The second kappa shape index (κ2) is 4.47. The largest absolute Gasteiger partial charge is 0.324 e. The van der Waals surface area contributed by atoms with Gasteiger partial charge in [0, 0.05) is 16.7 Å². The van der Waals surface area contributed by atoms with Crippen LogP contribution >= 0.6 is 11.6 Å². The first-order chi connectivity index (χ1) is 7.69. The highest BCUT2D eigenvalue weighted by molar-refractivity contribution is 6.30. The number of aromatic nitrogens is 2. The number of H-pyrrole nitrogens is 1. The molecule has 82 valence electrons. The second-order valence-electron chi connectivity index (χ2n) is 3.29. The predicted molar refractivity (Wildman–Crippen MR) is 63.2 cm³/mol. The fraction of sp³-hybridized carbons (Fsp3) is 0.0909.